The molecule has 2 N–H and O–H groups in total. The molecule has 3 aromatic carbocycles. The smallest absolute Gasteiger partial charge is 0.497 e. The fourth-order valence-electron chi connectivity index (χ4n) is 6.43. The molecule has 5 rings (SSSR count). The number of carbonyl (C=O) groups excluding carboxylic acids is 1. The number of nitrogens with zero attached hydrogens (tertiary/aromatic N) is 2. The molecule has 1 aromatic heterocycles. The van der Waals surface area contributed by atoms with E-state index in [1.165, 1.54) is 0 Å². The maximum atomic E-state index is 12.7. The van der Waals surface area contributed by atoms with Crippen molar-refractivity contribution in [3.63, 3.8) is 0 Å². The Labute approximate surface area is 264 Å². The first kappa shape index (κ1) is 31.9. The van der Waals surface area contributed by atoms with Gasteiger partial charge in [0.25, 0.3) is 0 Å². The summed E-state index contributed by atoms with van der Waals surface area (Å²) in [6.45, 7) is 3.65. The van der Waals surface area contributed by atoms with Gasteiger partial charge in [-0.05, 0) is 81.7 Å². The van der Waals surface area contributed by atoms with Crippen LogP contribution in [0.5, 0.6) is 11.6 Å². The summed E-state index contributed by atoms with van der Waals surface area (Å²) in [6.07, 6.45) is 1.40. The average molecular weight is 620 g/mol. The maximum absolute atomic E-state index is 12.7. The maximum Gasteiger partial charge on any atom is 0.515 e. The van der Waals surface area contributed by atoms with Crippen LogP contribution in [0.3, 0.4) is 0 Å². The average Bonchev–Trinajstić information content (AvgIpc) is 3.28. The highest BCUT2D eigenvalue weighted by Crippen LogP contribution is 2.43. The minimum absolute atomic E-state index is 0.0139. The van der Waals surface area contributed by atoms with Crippen molar-refractivity contribution in [3.8, 4) is 11.6 Å². The molecule has 1 heterocycles. The topological polar surface area (TPSA) is 85.2 Å². The van der Waals surface area contributed by atoms with E-state index in [1.54, 1.807) is 14.0 Å². The van der Waals surface area contributed by atoms with Crippen molar-refractivity contribution < 1.29 is 24.1 Å². The van der Waals surface area contributed by atoms with Gasteiger partial charge in [0.15, 0.2) is 0 Å². The third-order valence-electron chi connectivity index (χ3n) is 8.54. The molecule has 0 radical (unpaired) electrons. The van der Waals surface area contributed by atoms with Gasteiger partial charge < -0.3 is 34.1 Å². The first-order valence-electron chi connectivity index (χ1n) is 15.2. The van der Waals surface area contributed by atoms with Crippen molar-refractivity contribution in [2.75, 3.05) is 34.4 Å². The molecule has 0 saturated heterocycles. The summed E-state index contributed by atoms with van der Waals surface area (Å²) in [5.74, 6) is 1.16. The van der Waals surface area contributed by atoms with E-state index in [4.69, 9.17) is 25.8 Å². The van der Waals surface area contributed by atoms with E-state index >= 15 is 0 Å². The number of halogens is 1. The van der Waals surface area contributed by atoms with Crippen molar-refractivity contribution in [1.82, 2.24) is 14.8 Å². The molecule has 8 nitrogen and oxygen atoms in total. The SMILES string of the molecule is CCOC(=O)Oc1c(CNC2CCC(O)(c3cccc(OC)c3)C(CN(C)C)C2)c2cc(Cl)ccc2n1Cc1ccccc1. The molecule has 1 aliphatic carbocycles. The Morgan fingerprint density at radius 2 is 1.91 bits per heavy atom. The second kappa shape index (κ2) is 14.0. The second-order valence-corrected chi connectivity index (χ2v) is 12.2. The van der Waals surface area contributed by atoms with Crippen LogP contribution in [-0.4, -0.2) is 61.1 Å². The molecule has 3 atom stereocenters. The number of aromatic nitrogens is 1. The molecule has 1 saturated carbocycles. The van der Waals surface area contributed by atoms with Gasteiger partial charge in [-0.25, -0.2) is 4.79 Å². The minimum atomic E-state index is -0.978. The van der Waals surface area contributed by atoms with Crippen molar-refractivity contribution in [3.05, 3.63) is 94.5 Å². The van der Waals surface area contributed by atoms with Crippen LogP contribution in [0.15, 0.2) is 72.8 Å². The Morgan fingerprint density at radius 1 is 1.11 bits per heavy atom. The summed E-state index contributed by atoms with van der Waals surface area (Å²) in [5, 5.41) is 17.3. The van der Waals surface area contributed by atoms with Gasteiger partial charge in [0.2, 0.25) is 5.88 Å². The number of hydrogen-bond acceptors (Lipinski definition) is 7. The minimum Gasteiger partial charge on any atom is -0.497 e. The lowest BCUT2D eigenvalue weighted by Crippen LogP contribution is -2.49. The first-order valence-corrected chi connectivity index (χ1v) is 15.5. The van der Waals surface area contributed by atoms with Crippen molar-refractivity contribution in [2.45, 2.75) is 50.9 Å². The molecule has 4 aromatic rings. The highest BCUT2D eigenvalue weighted by molar-refractivity contribution is 6.31. The molecule has 0 bridgehead atoms. The Hall–Kier alpha value is -3.56. The van der Waals surface area contributed by atoms with Gasteiger partial charge in [0.05, 0.1) is 31.4 Å². The van der Waals surface area contributed by atoms with Crippen LogP contribution < -0.4 is 14.8 Å². The third-order valence-corrected chi connectivity index (χ3v) is 8.78. The predicted molar refractivity (Wildman–Crippen MR) is 174 cm³/mol. The number of fused-ring (bicyclic) bond motifs is 1. The summed E-state index contributed by atoms with van der Waals surface area (Å²) < 4.78 is 18.6. The normalized spacial score (nSPS) is 20.2. The number of methoxy groups -OCH3 is 1. The first-order chi connectivity index (χ1) is 21.2. The highest BCUT2D eigenvalue weighted by Gasteiger charge is 2.43. The molecule has 1 aliphatic rings. The van der Waals surface area contributed by atoms with E-state index < -0.39 is 11.8 Å². The predicted octanol–water partition coefficient (Wildman–Crippen LogP) is 6.59. The highest BCUT2D eigenvalue weighted by atomic mass is 35.5. The lowest BCUT2D eigenvalue weighted by Gasteiger charge is -2.45. The molecule has 0 aliphatic heterocycles. The van der Waals surface area contributed by atoms with Crippen LogP contribution >= 0.6 is 11.6 Å². The van der Waals surface area contributed by atoms with Crippen molar-refractivity contribution in [2.24, 2.45) is 5.92 Å². The quantitative estimate of drug-likeness (QED) is 0.183. The molecule has 234 valence electrons. The number of aliphatic hydroxyl groups is 1. The number of benzene rings is 3. The van der Waals surface area contributed by atoms with Crippen molar-refractivity contribution >= 4 is 28.7 Å². The fourth-order valence-corrected chi connectivity index (χ4v) is 6.61. The Bertz CT molecular complexity index is 1570. The van der Waals surface area contributed by atoms with E-state index in [9.17, 15) is 9.90 Å². The van der Waals surface area contributed by atoms with E-state index in [2.05, 4.69) is 10.2 Å². The lowest BCUT2D eigenvalue weighted by molar-refractivity contribution is -0.0694. The number of ether oxygens (including phenoxy) is 3. The fraction of sp³-hybridized carbons (Fsp3) is 0.400. The molecule has 3 unspecified atom stereocenters. The van der Waals surface area contributed by atoms with Gasteiger partial charge in [-0.3, -0.25) is 0 Å². The summed E-state index contributed by atoms with van der Waals surface area (Å²) in [7, 11) is 5.71. The van der Waals surface area contributed by atoms with Crippen LogP contribution in [-0.2, 0) is 23.4 Å². The zero-order valence-corrected chi connectivity index (χ0v) is 26.6. The Balaban J connectivity index is 1.45. The van der Waals surface area contributed by atoms with Crippen LogP contribution in [0.2, 0.25) is 5.02 Å². The van der Waals surface area contributed by atoms with Gasteiger partial charge in [-0.15, -0.1) is 0 Å². The lowest BCUT2D eigenvalue weighted by atomic mass is 9.69. The zero-order valence-electron chi connectivity index (χ0n) is 25.9. The van der Waals surface area contributed by atoms with E-state index in [0.29, 0.717) is 30.4 Å². The number of carbonyl (C=O) groups is 1. The van der Waals surface area contributed by atoms with E-state index in [-0.39, 0.29) is 18.6 Å². The molecule has 0 spiro atoms. The molecule has 1 fully saturated rings. The number of nitrogens with one attached hydrogen (secondary N) is 1. The van der Waals surface area contributed by atoms with Gasteiger partial charge in [-0.1, -0.05) is 54.1 Å². The monoisotopic (exact) mass is 619 g/mol. The Morgan fingerprint density at radius 3 is 2.64 bits per heavy atom. The molecule has 0 amide bonds. The van der Waals surface area contributed by atoms with Crippen LogP contribution in [0, 0.1) is 5.92 Å². The number of hydrogen-bond donors (Lipinski definition) is 2. The van der Waals surface area contributed by atoms with Crippen LogP contribution in [0.4, 0.5) is 4.79 Å². The summed E-state index contributed by atoms with van der Waals surface area (Å²) >= 11 is 6.49. The van der Waals surface area contributed by atoms with Gasteiger partial charge in [0.1, 0.15) is 5.75 Å². The standard InChI is InChI=1S/C35H42ClN3O5/c1-5-43-34(40)44-33-31(30-20-27(36)14-15-32(30)39(33)22-24-10-7-6-8-11-24)21-37-28-16-17-35(41,26(18-28)23-38(2)3)25-12-9-13-29(19-25)42-4/h6-15,19-20,26,28,37,41H,5,16-18,21-23H2,1-4H3. The molecule has 44 heavy (non-hydrogen) atoms. The largest absolute Gasteiger partial charge is 0.515 e. The molecular formula is C35H42ClN3O5. The third kappa shape index (κ3) is 7.05. The second-order valence-electron chi connectivity index (χ2n) is 11.8. The molecular weight excluding hydrogens is 578 g/mol. The van der Waals surface area contributed by atoms with Gasteiger partial charge in [0, 0.05) is 41.0 Å². The van der Waals surface area contributed by atoms with Crippen molar-refractivity contribution in [1.29, 1.82) is 0 Å². The summed E-state index contributed by atoms with van der Waals surface area (Å²) in [5.41, 5.74) is 2.73. The summed E-state index contributed by atoms with van der Waals surface area (Å²) in [4.78, 5) is 14.8. The van der Waals surface area contributed by atoms with Crippen LogP contribution in [0.25, 0.3) is 10.9 Å². The summed E-state index contributed by atoms with van der Waals surface area (Å²) in [6, 6.07) is 23.7. The Kier molecular flexibility index (Phi) is 10.2. The van der Waals surface area contributed by atoms with Gasteiger partial charge >= 0.3 is 6.16 Å². The number of rotatable bonds is 11. The van der Waals surface area contributed by atoms with Gasteiger partial charge in [-0.2, -0.15) is 0 Å². The zero-order chi connectivity index (χ0) is 31.3. The van der Waals surface area contributed by atoms with Crippen LogP contribution in [0.1, 0.15) is 42.9 Å². The van der Waals surface area contributed by atoms with E-state index in [1.807, 2.05) is 91.5 Å². The van der Waals surface area contributed by atoms with E-state index in [0.717, 1.165) is 52.7 Å². The molecule has 9 heteroatoms.